The molecule has 2 fully saturated rings. The maximum Gasteiger partial charge on any atom is 0.228 e. The van der Waals surface area contributed by atoms with Crippen LogP contribution in [0.4, 0.5) is 5.69 Å². The third-order valence-electron chi connectivity index (χ3n) is 6.59. The Hall–Kier alpha value is -2.45. The zero-order chi connectivity index (χ0) is 20.7. The summed E-state index contributed by atoms with van der Waals surface area (Å²) in [7, 11) is -2.15. The van der Waals surface area contributed by atoms with Crippen LogP contribution in [-0.2, 0) is 10.3 Å². The van der Waals surface area contributed by atoms with Crippen molar-refractivity contribution in [2.75, 3.05) is 31.1 Å². The van der Waals surface area contributed by atoms with Crippen molar-refractivity contribution < 1.29 is 8.42 Å². The molecular weight excluding hydrogens is 398 g/mol. The molecule has 5 rings (SSSR count). The van der Waals surface area contributed by atoms with Crippen molar-refractivity contribution in [3.05, 3.63) is 30.7 Å². The average molecular weight is 426 g/mol. The predicted octanol–water partition coefficient (Wildman–Crippen LogP) is 3.07. The second-order valence-electron chi connectivity index (χ2n) is 8.62. The van der Waals surface area contributed by atoms with Crippen molar-refractivity contribution in [3.8, 4) is 0 Å². The highest BCUT2D eigenvalue weighted by Crippen LogP contribution is 2.34. The largest absolute Gasteiger partial charge is 0.371 e. The number of aromatic nitrogens is 3. The Balaban J connectivity index is 1.41. The lowest BCUT2D eigenvalue weighted by atomic mass is 9.93. The summed E-state index contributed by atoms with van der Waals surface area (Å²) < 4.78 is 24.3. The van der Waals surface area contributed by atoms with E-state index in [4.69, 9.17) is 0 Å². The smallest absolute Gasteiger partial charge is 0.228 e. The van der Waals surface area contributed by atoms with Gasteiger partial charge in [-0.05, 0) is 43.7 Å². The minimum atomic E-state index is -2.15. The van der Waals surface area contributed by atoms with E-state index in [1.54, 1.807) is 6.20 Å². The topological polar surface area (TPSA) is 82.2 Å². The molecule has 1 atom stereocenters. The van der Waals surface area contributed by atoms with Crippen LogP contribution in [-0.4, -0.2) is 59.4 Å². The second-order valence-corrected chi connectivity index (χ2v) is 9.51. The minimum Gasteiger partial charge on any atom is -0.371 e. The first kappa shape index (κ1) is 19.5. The van der Waals surface area contributed by atoms with E-state index in [1.165, 1.54) is 12.1 Å². The standard InChI is InChI=1S/C22H27N5O2S/c1-15-3-2-10-27(14-15)22(30(28)29)16-6-11-26(12-7-16)19-5-9-23-18-13-25-21-17(20(18)19)4-8-24-21/h4-5,8-9,13,15-16,23H,2-3,6-7,10-12,14H2,1H3. The molecule has 0 radical (unpaired) electrons. The number of piperidine rings is 2. The van der Waals surface area contributed by atoms with Gasteiger partial charge in [-0.3, -0.25) is 4.90 Å². The highest BCUT2D eigenvalue weighted by molar-refractivity contribution is 7.72. The Morgan fingerprint density at radius 2 is 1.97 bits per heavy atom. The third-order valence-corrected chi connectivity index (χ3v) is 7.53. The number of nitrogens with zero attached hydrogens (tertiary/aromatic N) is 4. The van der Waals surface area contributed by atoms with E-state index in [2.05, 4.69) is 37.7 Å². The summed E-state index contributed by atoms with van der Waals surface area (Å²) in [6, 6.07) is 4.12. The molecule has 30 heavy (non-hydrogen) atoms. The first-order chi connectivity index (χ1) is 14.6. The van der Waals surface area contributed by atoms with E-state index in [-0.39, 0.29) is 5.92 Å². The first-order valence-electron chi connectivity index (χ1n) is 10.8. The Kier molecular flexibility index (Phi) is 5.20. The molecule has 2 saturated heterocycles. The van der Waals surface area contributed by atoms with E-state index in [0.717, 1.165) is 67.4 Å². The number of nitrogens with one attached hydrogen (secondary N) is 1. The van der Waals surface area contributed by atoms with Crippen molar-refractivity contribution in [1.82, 2.24) is 19.9 Å². The summed E-state index contributed by atoms with van der Waals surface area (Å²) in [6.07, 6.45) is 9.54. The lowest BCUT2D eigenvalue weighted by Gasteiger charge is -2.38. The fourth-order valence-corrected chi connectivity index (χ4v) is 6.04. The normalized spacial score (nSPS) is 21.4. The number of H-pyrrole nitrogens is 1. The van der Waals surface area contributed by atoms with E-state index >= 15 is 0 Å². The highest BCUT2D eigenvalue weighted by Gasteiger charge is 2.31. The Morgan fingerprint density at radius 3 is 2.73 bits per heavy atom. The quantitative estimate of drug-likeness (QED) is 0.636. The van der Waals surface area contributed by atoms with Crippen LogP contribution < -0.4 is 4.90 Å². The van der Waals surface area contributed by atoms with Gasteiger partial charge in [0.05, 0.1) is 11.7 Å². The van der Waals surface area contributed by atoms with Gasteiger partial charge in [0, 0.05) is 61.0 Å². The van der Waals surface area contributed by atoms with Crippen LogP contribution in [0.5, 0.6) is 0 Å². The van der Waals surface area contributed by atoms with Gasteiger partial charge in [-0.1, -0.05) is 6.92 Å². The zero-order valence-corrected chi connectivity index (χ0v) is 18.0. The summed E-state index contributed by atoms with van der Waals surface area (Å²) in [5.41, 5.74) is 2.92. The summed E-state index contributed by atoms with van der Waals surface area (Å²) in [5, 5.41) is 2.19. The lowest BCUT2D eigenvalue weighted by Crippen LogP contribution is -2.46. The SMILES string of the molecule is CC1CCCN(C(C2CCN(c3cc[nH]c4cnc5nccc5c34)CC2)=S(=O)=O)C1. The molecule has 1 N–H and O–H groups in total. The van der Waals surface area contributed by atoms with Gasteiger partial charge in [-0.15, -0.1) is 0 Å². The summed E-state index contributed by atoms with van der Waals surface area (Å²) in [6.45, 7) is 5.61. The number of hydrogen-bond acceptors (Lipinski definition) is 5. The van der Waals surface area contributed by atoms with E-state index in [0.29, 0.717) is 10.9 Å². The number of anilines is 1. The average Bonchev–Trinajstić information content (AvgIpc) is 3.23. The van der Waals surface area contributed by atoms with Crippen LogP contribution in [0.2, 0.25) is 0 Å². The van der Waals surface area contributed by atoms with Gasteiger partial charge >= 0.3 is 0 Å². The van der Waals surface area contributed by atoms with Crippen LogP contribution >= 0.6 is 0 Å². The molecule has 7 nitrogen and oxygen atoms in total. The van der Waals surface area contributed by atoms with Crippen LogP contribution in [0.15, 0.2) is 30.7 Å². The van der Waals surface area contributed by atoms with E-state index in [9.17, 15) is 8.42 Å². The monoisotopic (exact) mass is 425 g/mol. The molecule has 2 aliphatic rings. The van der Waals surface area contributed by atoms with Crippen LogP contribution in [0.25, 0.3) is 21.9 Å². The number of pyridine rings is 2. The fraction of sp³-hybridized carbons (Fsp3) is 0.500. The molecule has 1 unspecified atom stereocenters. The molecule has 0 aliphatic carbocycles. The highest BCUT2D eigenvalue weighted by atomic mass is 32.2. The molecule has 5 heterocycles. The van der Waals surface area contributed by atoms with Crippen molar-refractivity contribution in [1.29, 1.82) is 0 Å². The fourth-order valence-electron chi connectivity index (χ4n) is 5.16. The van der Waals surface area contributed by atoms with Gasteiger partial charge in [0.15, 0.2) is 5.65 Å². The van der Waals surface area contributed by atoms with Crippen molar-refractivity contribution in [3.63, 3.8) is 0 Å². The van der Waals surface area contributed by atoms with Gasteiger partial charge < -0.3 is 9.88 Å². The number of aromatic amines is 1. The molecule has 0 bridgehead atoms. The Morgan fingerprint density at radius 1 is 1.13 bits per heavy atom. The molecule has 3 aromatic heterocycles. The van der Waals surface area contributed by atoms with Crippen molar-refractivity contribution in [2.45, 2.75) is 32.6 Å². The maximum absolute atomic E-state index is 12.1. The van der Waals surface area contributed by atoms with Gasteiger partial charge in [-0.2, -0.15) is 8.42 Å². The van der Waals surface area contributed by atoms with Gasteiger partial charge in [0.25, 0.3) is 0 Å². The molecule has 0 spiro atoms. The van der Waals surface area contributed by atoms with Crippen molar-refractivity contribution in [2.24, 2.45) is 11.8 Å². The summed E-state index contributed by atoms with van der Waals surface area (Å²) in [4.78, 5) is 17.2. The van der Waals surface area contributed by atoms with Gasteiger partial charge in [0.1, 0.15) is 4.99 Å². The lowest BCUT2D eigenvalue weighted by molar-refractivity contribution is 0.262. The molecule has 3 aromatic rings. The number of likely N-dealkylation sites (tertiary alicyclic amines) is 1. The molecular formula is C22H27N5O2S. The van der Waals surface area contributed by atoms with Gasteiger partial charge in [0.2, 0.25) is 10.3 Å². The molecule has 0 aromatic carbocycles. The molecule has 2 aliphatic heterocycles. The number of fused-ring (bicyclic) bond motifs is 3. The maximum atomic E-state index is 12.1. The summed E-state index contributed by atoms with van der Waals surface area (Å²) >= 11 is 0. The number of rotatable bonds is 2. The van der Waals surface area contributed by atoms with Crippen LogP contribution in [0.1, 0.15) is 32.6 Å². The molecule has 0 amide bonds. The molecule has 0 saturated carbocycles. The third kappa shape index (κ3) is 3.48. The van der Waals surface area contributed by atoms with E-state index in [1.807, 2.05) is 18.5 Å². The summed E-state index contributed by atoms with van der Waals surface area (Å²) in [5.74, 6) is 0.659. The Labute approximate surface area is 177 Å². The zero-order valence-electron chi connectivity index (χ0n) is 17.2. The predicted molar refractivity (Wildman–Crippen MR) is 120 cm³/mol. The first-order valence-corrected chi connectivity index (χ1v) is 11.9. The second kappa shape index (κ2) is 8.00. The molecule has 8 heteroatoms. The minimum absolute atomic E-state index is 0.105. The van der Waals surface area contributed by atoms with Gasteiger partial charge in [-0.25, -0.2) is 9.97 Å². The van der Waals surface area contributed by atoms with E-state index < -0.39 is 10.3 Å². The Bertz CT molecular complexity index is 1200. The molecule has 158 valence electrons. The van der Waals surface area contributed by atoms with Crippen LogP contribution in [0, 0.1) is 11.8 Å². The number of hydrogen-bond donors (Lipinski definition) is 1. The van der Waals surface area contributed by atoms with Crippen molar-refractivity contribution >= 4 is 42.9 Å². The van der Waals surface area contributed by atoms with Crippen LogP contribution in [0.3, 0.4) is 0 Å².